The van der Waals surface area contributed by atoms with Crippen LogP contribution in [0.2, 0.25) is 0 Å². The van der Waals surface area contributed by atoms with Crippen LogP contribution in [0.3, 0.4) is 0 Å². The van der Waals surface area contributed by atoms with Crippen LogP contribution in [0.5, 0.6) is 0 Å². The Morgan fingerprint density at radius 1 is 0.733 bits per heavy atom. The van der Waals surface area contributed by atoms with Crippen LogP contribution in [0.1, 0.15) is 67.2 Å². The SMILES string of the molecule is CN(CC1=N[C@@H](C(C)(C)C)CO1)[C@@H]1CCCC[C@H]1N(C)CC1=N[C@@H](C(C)(C)C)CO1. The summed E-state index contributed by atoms with van der Waals surface area (Å²) in [4.78, 5) is 14.7. The van der Waals surface area contributed by atoms with Crippen molar-refractivity contribution in [3.8, 4) is 0 Å². The van der Waals surface area contributed by atoms with Crippen molar-refractivity contribution in [2.45, 2.75) is 91.4 Å². The standard InChI is InChI=1S/C24H44N4O2/c1-23(2,3)19-15-29-21(25-19)13-27(7)17-11-9-10-12-18(17)28(8)14-22-26-20(16-30-22)24(4,5)6/h17-20H,9-16H2,1-8H3/t17-,18-,19-,20-/m1/s1. The number of hydrogen-bond donors (Lipinski definition) is 0. The summed E-state index contributed by atoms with van der Waals surface area (Å²) in [5.74, 6) is 1.81. The van der Waals surface area contributed by atoms with Crippen molar-refractivity contribution >= 4 is 11.8 Å². The molecule has 0 N–H and O–H groups in total. The second-order valence-corrected chi connectivity index (χ2v) is 11.7. The largest absolute Gasteiger partial charge is 0.478 e. The molecule has 0 aromatic carbocycles. The summed E-state index contributed by atoms with van der Waals surface area (Å²) in [6.07, 6.45) is 5.03. The molecule has 1 aliphatic carbocycles. The highest BCUT2D eigenvalue weighted by Crippen LogP contribution is 2.30. The van der Waals surface area contributed by atoms with Gasteiger partial charge in [0.05, 0.1) is 25.2 Å². The fourth-order valence-corrected chi connectivity index (χ4v) is 4.69. The highest BCUT2D eigenvalue weighted by atomic mass is 16.5. The van der Waals surface area contributed by atoms with Crippen LogP contribution in [0.4, 0.5) is 0 Å². The lowest BCUT2D eigenvalue weighted by Crippen LogP contribution is -2.53. The number of hydrogen-bond acceptors (Lipinski definition) is 6. The Morgan fingerprint density at radius 2 is 1.10 bits per heavy atom. The van der Waals surface area contributed by atoms with E-state index in [1.807, 2.05) is 0 Å². The Bertz CT molecular complexity index is 591. The number of rotatable bonds is 6. The summed E-state index contributed by atoms with van der Waals surface area (Å²) in [5.41, 5.74) is 0.307. The minimum atomic E-state index is 0.154. The molecule has 0 amide bonds. The fourth-order valence-electron chi connectivity index (χ4n) is 4.69. The van der Waals surface area contributed by atoms with Gasteiger partial charge in [-0.25, -0.2) is 9.98 Å². The van der Waals surface area contributed by atoms with E-state index in [1.54, 1.807) is 0 Å². The first kappa shape index (κ1) is 23.5. The predicted octanol–water partition coefficient (Wildman–Crippen LogP) is 3.85. The third-order valence-electron chi connectivity index (χ3n) is 7.01. The van der Waals surface area contributed by atoms with Gasteiger partial charge in [-0.2, -0.15) is 0 Å². The minimum absolute atomic E-state index is 0.154. The van der Waals surface area contributed by atoms with Crippen molar-refractivity contribution < 1.29 is 9.47 Å². The average molecular weight is 421 g/mol. The molecule has 0 spiro atoms. The molecule has 0 unspecified atom stereocenters. The minimum Gasteiger partial charge on any atom is -0.478 e. The van der Waals surface area contributed by atoms with Crippen molar-refractivity contribution in [2.24, 2.45) is 20.8 Å². The van der Waals surface area contributed by atoms with Gasteiger partial charge in [0.1, 0.15) is 13.2 Å². The first-order chi connectivity index (χ1) is 13.9. The maximum Gasteiger partial charge on any atom is 0.198 e. The molecule has 6 heteroatoms. The lowest BCUT2D eigenvalue weighted by molar-refractivity contribution is 0.0895. The zero-order valence-corrected chi connectivity index (χ0v) is 20.6. The Morgan fingerprint density at radius 3 is 1.40 bits per heavy atom. The molecule has 0 aromatic rings. The van der Waals surface area contributed by atoms with E-state index in [4.69, 9.17) is 19.5 Å². The predicted molar refractivity (Wildman–Crippen MR) is 125 cm³/mol. The Labute approximate surface area is 184 Å². The van der Waals surface area contributed by atoms with Crippen molar-refractivity contribution in [1.82, 2.24) is 9.80 Å². The van der Waals surface area contributed by atoms with Crippen LogP contribution in [0.15, 0.2) is 9.98 Å². The fraction of sp³-hybridized carbons (Fsp3) is 0.917. The highest BCUT2D eigenvalue weighted by Gasteiger charge is 2.36. The Balaban J connectivity index is 1.60. The third-order valence-corrected chi connectivity index (χ3v) is 7.01. The molecule has 1 fully saturated rings. The third kappa shape index (κ3) is 5.76. The quantitative estimate of drug-likeness (QED) is 0.655. The van der Waals surface area contributed by atoms with E-state index in [2.05, 4.69) is 65.4 Å². The molecule has 2 aliphatic heterocycles. The zero-order valence-electron chi connectivity index (χ0n) is 20.6. The number of nitrogens with zero attached hydrogens (tertiary/aromatic N) is 4. The molecule has 172 valence electrons. The van der Waals surface area contributed by atoms with E-state index >= 15 is 0 Å². The topological polar surface area (TPSA) is 49.7 Å². The first-order valence-corrected chi connectivity index (χ1v) is 11.7. The highest BCUT2D eigenvalue weighted by molar-refractivity contribution is 5.80. The molecule has 3 rings (SSSR count). The van der Waals surface area contributed by atoms with Gasteiger partial charge >= 0.3 is 0 Å². The van der Waals surface area contributed by atoms with Crippen LogP contribution >= 0.6 is 0 Å². The van der Waals surface area contributed by atoms with Gasteiger partial charge in [-0.15, -0.1) is 0 Å². The molecule has 3 aliphatic rings. The van der Waals surface area contributed by atoms with Gasteiger partial charge < -0.3 is 9.47 Å². The van der Waals surface area contributed by atoms with Crippen LogP contribution in [0, 0.1) is 10.8 Å². The van der Waals surface area contributed by atoms with E-state index in [9.17, 15) is 0 Å². The smallest absolute Gasteiger partial charge is 0.198 e. The second-order valence-electron chi connectivity index (χ2n) is 11.7. The van der Waals surface area contributed by atoms with Gasteiger partial charge in [-0.05, 0) is 37.8 Å². The van der Waals surface area contributed by atoms with Crippen molar-refractivity contribution in [3.63, 3.8) is 0 Å². The Hall–Kier alpha value is -1.14. The van der Waals surface area contributed by atoms with Crippen molar-refractivity contribution in [1.29, 1.82) is 0 Å². The lowest BCUT2D eigenvalue weighted by atomic mass is 9.88. The van der Waals surface area contributed by atoms with Crippen molar-refractivity contribution in [3.05, 3.63) is 0 Å². The van der Waals surface area contributed by atoms with Crippen LogP contribution in [-0.4, -0.2) is 86.2 Å². The van der Waals surface area contributed by atoms with Gasteiger partial charge in [0.2, 0.25) is 0 Å². The van der Waals surface area contributed by atoms with Gasteiger partial charge in [0.25, 0.3) is 0 Å². The number of ether oxygens (including phenoxy) is 2. The molecule has 0 saturated heterocycles. The van der Waals surface area contributed by atoms with Crippen LogP contribution in [0.25, 0.3) is 0 Å². The molecular formula is C24H44N4O2. The molecule has 0 aromatic heterocycles. The second kappa shape index (κ2) is 9.15. The van der Waals surface area contributed by atoms with E-state index in [0.717, 1.165) is 24.9 Å². The van der Waals surface area contributed by atoms with Crippen molar-refractivity contribution in [2.75, 3.05) is 40.4 Å². The van der Waals surface area contributed by atoms with E-state index < -0.39 is 0 Å². The van der Waals surface area contributed by atoms with Crippen LogP contribution < -0.4 is 0 Å². The van der Waals surface area contributed by atoms with Gasteiger partial charge in [-0.1, -0.05) is 54.4 Å². The average Bonchev–Trinajstić information content (AvgIpc) is 3.30. The van der Waals surface area contributed by atoms with E-state index in [-0.39, 0.29) is 22.9 Å². The summed E-state index contributed by atoms with van der Waals surface area (Å²) in [6.45, 7) is 16.4. The summed E-state index contributed by atoms with van der Waals surface area (Å²) in [5, 5.41) is 0. The lowest BCUT2D eigenvalue weighted by Gasteiger charge is -2.42. The molecule has 6 nitrogen and oxygen atoms in total. The monoisotopic (exact) mass is 420 g/mol. The molecular weight excluding hydrogens is 376 g/mol. The van der Waals surface area contributed by atoms with Gasteiger partial charge in [-0.3, -0.25) is 9.80 Å². The summed E-state index contributed by atoms with van der Waals surface area (Å²) < 4.78 is 11.9. The van der Waals surface area contributed by atoms with Crippen LogP contribution in [-0.2, 0) is 9.47 Å². The summed E-state index contributed by atoms with van der Waals surface area (Å²) >= 11 is 0. The van der Waals surface area contributed by atoms with Gasteiger partial charge in [0, 0.05) is 12.1 Å². The summed E-state index contributed by atoms with van der Waals surface area (Å²) in [6, 6.07) is 1.53. The molecule has 2 heterocycles. The summed E-state index contributed by atoms with van der Waals surface area (Å²) in [7, 11) is 4.46. The molecule has 0 radical (unpaired) electrons. The molecule has 30 heavy (non-hydrogen) atoms. The maximum absolute atomic E-state index is 5.96. The Kier molecular flexibility index (Phi) is 7.18. The normalized spacial score (nSPS) is 30.3. The molecule has 1 saturated carbocycles. The van der Waals surface area contributed by atoms with E-state index in [0.29, 0.717) is 25.3 Å². The molecule has 4 atom stereocenters. The first-order valence-electron chi connectivity index (χ1n) is 11.7. The molecule has 0 bridgehead atoms. The van der Waals surface area contributed by atoms with Gasteiger partial charge in [0.15, 0.2) is 11.8 Å². The maximum atomic E-state index is 5.96. The number of likely N-dealkylation sites (N-methyl/N-ethyl adjacent to an activating group) is 2. The van der Waals surface area contributed by atoms with E-state index in [1.165, 1.54) is 25.7 Å². The zero-order chi connectivity index (χ0) is 22.1. The number of aliphatic imine (C=N–C) groups is 2.